The molecule has 2 heterocycles. The number of thiazole rings is 1. The maximum absolute atomic E-state index is 13.6. The van der Waals surface area contributed by atoms with E-state index >= 15 is 0 Å². The molecule has 3 aromatic rings. The number of aromatic nitrogens is 1. The number of carbonyl (C=O) groups is 2. The second-order valence-corrected chi connectivity index (χ2v) is 10.6. The minimum Gasteiger partial charge on any atom is -0.463 e. The molecule has 0 amide bonds. The van der Waals surface area contributed by atoms with E-state index < -0.39 is 23.4 Å². The predicted molar refractivity (Wildman–Crippen MR) is 146 cm³/mol. The SMILES string of the molecule is CCOC(=O)C1=C(N)n2c(s/c(=C\c3cccc(Br)c3)c2=O)=C(C(=O)OCC)[C@H]1c1cccc(Br)c1. The molecule has 0 fully saturated rings. The largest absolute Gasteiger partial charge is 0.463 e. The molecule has 7 nitrogen and oxygen atoms in total. The summed E-state index contributed by atoms with van der Waals surface area (Å²) in [6.07, 6.45) is 1.72. The van der Waals surface area contributed by atoms with Gasteiger partial charge in [-0.25, -0.2) is 9.59 Å². The third-order valence-electron chi connectivity index (χ3n) is 5.47. The van der Waals surface area contributed by atoms with Crippen molar-refractivity contribution in [3.05, 3.63) is 93.7 Å². The van der Waals surface area contributed by atoms with E-state index in [2.05, 4.69) is 31.9 Å². The highest BCUT2D eigenvalue weighted by Crippen LogP contribution is 2.38. The molecular weight excluding hydrogens is 612 g/mol. The summed E-state index contributed by atoms with van der Waals surface area (Å²) in [5.74, 6) is -2.31. The summed E-state index contributed by atoms with van der Waals surface area (Å²) in [6.45, 7) is 3.59. The monoisotopic (exact) mass is 632 g/mol. The van der Waals surface area contributed by atoms with Crippen molar-refractivity contribution in [2.45, 2.75) is 19.8 Å². The van der Waals surface area contributed by atoms with Crippen LogP contribution in [0.4, 0.5) is 0 Å². The number of hydrogen-bond acceptors (Lipinski definition) is 7. The van der Waals surface area contributed by atoms with Crippen LogP contribution in [0.3, 0.4) is 0 Å². The molecule has 2 aromatic carbocycles. The van der Waals surface area contributed by atoms with E-state index in [1.165, 1.54) is 4.57 Å². The Hall–Kier alpha value is -2.95. The summed E-state index contributed by atoms with van der Waals surface area (Å²) >= 11 is 8.02. The normalized spacial score (nSPS) is 15.6. The molecule has 186 valence electrons. The third-order valence-corrected chi connectivity index (χ3v) is 7.56. The van der Waals surface area contributed by atoms with Crippen LogP contribution in [0.1, 0.15) is 30.9 Å². The topological polar surface area (TPSA) is 101 Å². The van der Waals surface area contributed by atoms with Gasteiger partial charge in [-0.05, 0) is 55.3 Å². The minimum absolute atomic E-state index is 0.0133. The number of halogens is 2. The molecule has 2 N–H and O–H groups in total. The van der Waals surface area contributed by atoms with Gasteiger partial charge in [0.1, 0.15) is 10.5 Å². The number of hydrogen-bond donors (Lipinski definition) is 1. The number of esters is 2. The second kappa shape index (κ2) is 11.0. The van der Waals surface area contributed by atoms with Crippen LogP contribution in [0.2, 0.25) is 0 Å². The van der Waals surface area contributed by atoms with Crippen LogP contribution in [0.25, 0.3) is 17.5 Å². The lowest BCUT2D eigenvalue weighted by Gasteiger charge is -2.27. The predicted octanol–water partition coefficient (Wildman–Crippen LogP) is 3.47. The Balaban J connectivity index is 2.12. The molecule has 0 bridgehead atoms. The highest BCUT2D eigenvalue weighted by molar-refractivity contribution is 9.10. The van der Waals surface area contributed by atoms with Crippen molar-refractivity contribution in [2.75, 3.05) is 13.2 Å². The van der Waals surface area contributed by atoms with Crippen LogP contribution in [-0.2, 0) is 19.1 Å². The standard InChI is InChI=1S/C26H22Br2N2O5S/c1-3-34-25(32)20-19(15-8-6-10-17(28)13-15)21(26(33)35-4-2)24-30(22(20)29)23(31)18(36-24)12-14-7-5-9-16(27)11-14/h5-13,19H,3-4,29H2,1-2H3/b18-12-/t19-/m0/s1. The smallest absolute Gasteiger partial charge is 0.338 e. The van der Waals surface area contributed by atoms with Gasteiger partial charge >= 0.3 is 11.9 Å². The van der Waals surface area contributed by atoms with Crippen molar-refractivity contribution in [3.63, 3.8) is 0 Å². The molecule has 4 rings (SSSR count). The number of nitrogens with zero attached hydrogens (tertiary/aromatic N) is 1. The molecule has 0 spiro atoms. The lowest BCUT2D eigenvalue weighted by atomic mass is 9.83. The Morgan fingerprint density at radius 1 is 1.00 bits per heavy atom. The molecule has 0 saturated carbocycles. The van der Waals surface area contributed by atoms with Gasteiger partial charge in [0.25, 0.3) is 5.56 Å². The number of rotatable bonds is 6. The van der Waals surface area contributed by atoms with Crippen molar-refractivity contribution < 1.29 is 19.1 Å². The summed E-state index contributed by atoms with van der Waals surface area (Å²) < 4.78 is 14.2. The summed E-state index contributed by atoms with van der Waals surface area (Å²) in [6, 6.07) is 14.7. The van der Waals surface area contributed by atoms with E-state index in [9.17, 15) is 14.4 Å². The van der Waals surface area contributed by atoms with Crippen LogP contribution >= 0.6 is 43.2 Å². The summed E-state index contributed by atoms with van der Waals surface area (Å²) in [7, 11) is 0. The van der Waals surface area contributed by atoms with Crippen molar-refractivity contribution in [1.82, 2.24) is 4.57 Å². The zero-order chi connectivity index (χ0) is 26.0. The molecule has 0 saturated heterocycles. The summed E-state index contributed by atoms with van der Waals surface area (Å²) in [5, 5.41) is 0. The van der Waals surface area contributed by atoms with E-state index in [4.69, 9.17) is 15.2 Å². The van der Waals surface area contributed by atoms with E-state index in [-0.39, 0.29) is 30.2 Å². The number of nitrogens with two attached hydrogens (primary N) is 1. The average Bonchev–Trinajstić information content (AvgIpc) is 3.15. The fourth-order valence-corrected chi connectivity index (χ4v) is 6.03. The van der Waals surface area contributed by atoms with Crippen molar-refractivity contribution in [2.24, 2.45) is 5.73 Å². The molecule has 0 unspecified atom stereocenters. The first-order valence-corrected chi connectivity index (χ1v) is 13.5. The van der Waals surface area contributed by atoms with Gasteiger partial charge in [0.2, 0.25) is 0 Å². The number of benzene rings is 2. The minimum atomic E-state index is -0.891. The lowest BCUT2D eigenvalue weighted by Crippen LogP contribution is -2.42. The third kappa shape index (κ3) is 4.98. The average molecular weight is 634 g/mol. The van der Waals surface area contributed by atoms with Gasteiger partial charge in [-0.15, -0.1) is 11.3 Å². The van der Waals surface area contributed by atoms with Crippen LogP contribution in [0.15, 0.2) is 67.8 Å². The van der Waals surface area contributed by atoms with Gasteiger partial charge in [0, 0.05) is 8.95 Å². The van der Waals surface area contributed by atoms with Crippen LogP contribution in [-0.4, -0.2) is 29.7 Å². The van der Waals surface area contributed by atoms with Crippen LogP contribution in [0, 0.1) is 0 Å². The highest BCUT2D eigenvalue weighted by atomic mass is 79.9. The zero-order valence-corrected chi connectivity index (χ0v) is 23.4. The Kier molecular flexibility index (Phi) is 7.97. The Labute approximate surface area is 227 Å². The molecule has 1 aromatic heterocycles. The molecule has 10 heteroatoms. The zero-order valence-electron chi connectivity index (χ0n) is 19.4. The van der Waals surface area contributed by atoms with Gasteiger partial charge in [0.15, 0.2) is 0 Å². The first kappa shape index (κ1) is 26.1. The van der Waals surface area contributed by atoms with Crippen molar-refractivity contribution in [3.8, 4) is 0 Å². The number of carbonyl (C=O) groups excluding carboxylic acids is 2. The quantitative estimate of drug-likeness (QED) is 0.418. The first-order valence-electron chi connectivity index (χ1n) is 11.1. The van der Waals surface area contributed by atoms with E-state index in [1.54, 1.807) is 38.1 Å². The summed E-state index contributed by atoms with van der Waals surface area (Å²) in [4.78, 5) is 40.1. The summed E-state index contributed by atoms with van der Waals surface area (Å²) in [5.41, 5.74) is 7.65. The maximum atomic E-state index is 13.6. The number of fused-ring (bicyclic) bond motifs is 1. The van der Waals surface area contributed by atoms with Crippen LogP contribution < -0.4 is 20.5 Å². The lowest BCUT2D eigenvalue weighted by molar-refractivity contribution is -0.138. The van der Waals surface area contributed by atoms with Gasteiger partial charge in [-0.1, -0.05) is 56.1 Å². The van der Waals surface area contributed by atoms with Gasteiger partial charge in [-0.2, -0.15) is 0 Å². The van der Waals surface area contributed by atoms with Crippen molar-refractivity contribution >= 4 is 72.6 Å². The number of ether oxygens (including phenoxy) is 2. The molecule has 1 aliphatic heterocycles. The molecule has 1 atom stereocenters. The van der Waals surface area contributed by atoms with E-state index in [1.807, 2.05) is 30.3 Å². The van der Waals surface area contributed by atoms with Crippen LogP contribution in [0.5, 0.6) is 0 Å². The van der Waals surface area contributed by atoms with Crippen molar-refractivity contribution in [1.29, 1.82) is 0 Å². The van der Waals surface area contributed by atoms with E-state index in [0.717, 1.165) is 25.8 Å². The molecule has 0 radical (unpaired) electrons. The molecule has 0 aliphatic carbocycles. The Morgan fingerprint density at radius 3 is 2.22 bits per heavy atom. The molecule has 36 heavy (non-hydrogen) atoms. The van der Waals surface area contributed by atoms with Gasteiger partial charge < -0.3 is 15.2 Å². The second-order valence-electron chi connectivity index (χ2n) is 7.75. The molecular formula is C26H22Br2N2O5S. The fraction of sp³-hybridized carbons (Fsp3) is 0.192. The van der Waals surface area contributed by atoms with Gasteiger partial charge in [0.05, 0.1) is 34.8 Å². The highest BCUT2D eigenvalue weighted by Gasteiger charge is 2.40. The van der Waals surface area contributed by atoms with Gasteiger partial charge in [-0.3, -0.25) is 9.36 Å². The first-order chi connectivity index (χ1) is 17.3. The maximum Gasteiger partial charge on any atom is 0.338 e. The molecule has 1 aliphatic rings. The fourth-order valence-electron chi connectivity index (χ4n) is 4.03. The Morgan fingerprint density at radius 2 is 1.61 bits per heavy atom. The van der Waals surface area contributed by atoms with E-state index in [0.29, 0.717) is 14.8 Å². The Bertz CT molecular complexity index is 1570.